The number of rotatable bonds is 2. The molecule has 1 saturated heterocycles. The second-order valence-corrected chi connectivity index (χ2v) is 5.59. The van der Waals surface area contributed by atoms with Crippen LogP contribution in [0.5, 0.6) is 0 Å². The Morgan fingerprint density at radius 2 is 2.18 bits per heavy atom. The largest absolute Gasteiger partial charge is 0.352 e. The molecule has 0 radical (unpaired) electrons. The van der Waals surface area contributed by atoms with Gasteiger partial charge in [0.1, 0.15) is 0 Å². The third-order valence-corrected chi connectivity index (χ3v) is 4.13. The van der Waals surface area contributed by atoms with Gasteiger partial charge in [0.05, 0.1) is 0 Å². The molecule has 1 aromatic carbocycles. The maximum Gasteiger partial charge on any atom is 0.221 e. The van der Waals surface area contributed by atoms with Crippen molar-refractivity contribution in [3.8, 4) is 0 Å². The molecule has 2 rings (SSSR count). The van der Waals surface area contributed by atoms with E-state index in [9.17, 15) is 4.79 Å². The zero-order chi connectivity index (χ0) is 12.6. The maximum atomic E-state index is 11.6. The van der Waals surface area contributed by atoms with Crippen LogP contribution in [0.25, 0.3) is 0 Å². The molecule has 1 fully saturated rings. The van der Waals surface area contributed by atoms with Crippen molar-refractivity contribution < 1.29 is 4.79 Å². The molecule has 0 bridgehead atoms. The summed E-state index contributed by atoms with van der Waals surface area (Å²) in [6.07, 6.45) is 1.37. The molecule has 2 atom stereocenters. The van der Waals surface area contributed by atoms with Crippen LogP contribution in [-0.2, 0) is 10.2 Å². The zero-order valence-corrected chi connectivity index (χ0v) is 11.4. The Labute approximate surface area is 111 Å². The van der Waals surface area contributed by atoms with Crippen molar-refractivity contribution in [3.05, 3.63) is 33.8 Å². The minimum absolute atomic E-state index is 0.0883. The Balaban J connectivity index is 2.46. The lowest BCUT2D eigenvalue weighted by atomic mass is 9.75. The third kappa shape index (κ3) is 2.16. The van der Waals surface area contributed by atoms with Crippen LogP contribution in [0, 0.1) is 0 Å². The van der Waals surface area contributed by atoms with Gasteiger partial charge < -0.3 is 5.32 Å². The van der Waals surface area contributed by atoms with Gasteiger partial charge in [-0.25, -0.2) is 0 Å². The quantitative estimate of drug-likeness (QED) is 0.876. The Kier molecular flexibility index (Phi) is 3.37. The van der Waals surface area contributed by atoms with Crippen LogP contribution in [0.1, 0.15) is 32.3 Å². The van der Waals surface area contributed by atoms with Gasteiger partial charge in [-0.2, -0.15) is 0 Å². The lowest BCUT2D eigenvalue weighted by Crippen LogP contribution is -2.37. The van der Waals surface area contributed by atoms with Crippen molar-refractivity contribution in [3.63, 3.8) is 0 Å². The second-order valence-electron chi connectivity index (χ2n) is 4.75. The van der Waals surface area contributed by atoms with Gasteiger partial charge in [0.2, 0.25) is 5.91 Å². The van der Waals surface area contributed by atoms with Crippen LogP contribution < -0.4 is 5.32 Å². The predicted molar refractivity (Wildman–Crippen MR) is 70.7 cm³/mol. The Bertz CT molecular complexity index is 461. The molecule has 0 aromatic heterocycles. The molecule has 1 N–H and O–H groups in total. The average molecular weight is 272 g/mol. The first-order chi connectivity index (χ1) is 7.97. The highest BCUT2D eigenvalue weighted by Gasteiger charge is 2.44. The first-order valence-corrected chi connectivity index (χ1v) is 6.48. The Hall–Kier alpha value is -0.730. The molecule has 1 aliphatic rings. The minimum Gasteiger partial charge on any atom is -0.352 e. The number of carbonyl (C=O) groups excluding carboxylic acids is 1. The van der Waals surface area contributed by atoms with Gasteiger partial charge in [-0.3, -0.25) is 4.79 Å². The van der Waals surface area contributed by atoms with Crippen LogP contribution in [0.2, 0.25) is 10.0 Å². The molecule has 92 valence electrons. The summed E-state index contributed by atoms with van der Waals surface area (Å²) in [7, 11) is 0. The Morgan fingerprint density at radius 3 is 2.76 bits per heavy atom. The van der Waals surface area contributed by atoms with E-state index < -0.39 is 0 Å². The number of benzene rings is 1. The molecule has 0 spiro atoms. The van der Waals surface area contributed by atoms with Gasteiger partial charge >= 0.3 is 0 Å². The molecule has 1 amide bonds. The third-order valence-electron chi connectivity index (χ3n) is 3.59. The molecule has 1 aromatic rings. The van der Waals surface area contributed by atoms with Crippen LogP contribution in [0.4, 0.5) is 0 Å². The van der Waals surface area contributed by atoms with Crippen molar-refractivity contribution in [1.82, 2.24) is 5.32 Å². The highest BCUT2D eigenvalue weighted by Crippen LogP contribution is 2.41. The van der Waals surface area contributed by atoms with E-state index in [1.807, 2.05) is 12.1 Å². The molecule has 17 heavy (non-hydrogen) atoms. The summed E-state index contributed by atoms with van der Waals surface area (Å²) in [5.74, 6) is 0.0883. The lowest BCUT2D eigenvalue weighted by molar-refractivity contribution is -0.119. The first-order valence-electron chi connectivity index (χ1n) is 5.72. The fourth-order valence-corrected chi connectivity index (χ4v) is 3.27. The van der Waals surface area contributed by atoms with Crippen LogP contribution in [0.3, 0.4) is 0 Å². The number of nitrogens with one attached hydrogen (secondary N) is 1. The first kappa shape index (κ1) is 12.7. The molecule has 0 aliphatic carbocycles. The van der Waals surface area contributed by atoms with E-state index in [1.165, 1.54) is 0 Å². The lowest BCUT2D eigenvalue weighted by Gasteiger charge is -2.30. The van der Waals surface area contributed by atoms with Crippen molar-refractivity contribution in [2.75, 3.05) is 0 Å². The number of carbonyl (C=O) groups is 1. The second kappa shape index (κ2) is 4.51. The summed E-state index contributed by atoms with van der Waals surface area (Å²) < 4.78 is 0. The van der Waals surface area contributed by atoms with Crippen molar-refractivity contribution >= 4 is 29.1 Å². The number of hydrogen-bond acceptors (Lipinski definition) is 1. The SMILES string of the molecule is CCC1NC(=O)CC1(C)c1ccc(Cl)cc1Cl. The Morgan fingerprint density at radius 1 is 1.47 bits per heavy atom. The van der Waals surface area contributed by atoms with Crippen LogP contribution in [0.15, 0.2) is 18.2 Å². The van der Waals surface area contributed by atoms with Crippen LogP contribution in [-0.4, -0.2) is 11.9 Å². The summed E-state index contributed by atoms with van der Waals surface area (Å²) in [4.78, 5) is 11.6. The standard InChI is InChI=1S/C13H15Cl2NO/c1-3-11-13(2,7-12(17)16-11)9-5-4-8(14)6-10(9)15/h4-6,11H,3,7H2,1-2H3,(H,16,17). The summed E-state index contributed by atoms with van der Waals surface area (Å²) in [5.41, 5.74) is 0.752. The molecule has 2 nitrogen and oxygen atoms in total. The van der Waals surface area contributed by atoms with Gasteiger partial charge in [-0.05, 0) is 24.1 Å². The topological polar surface area (TPSA) is 29.1 Å². The summed E-state index contributed by atoms with van der Waals surface area (Å²) in [6.45, 7) is 4.15. The van der Waals surface area contributed by atoms with E-state index in [-0.39, 0.29) is 17.4 Å². The van der Waals surface area contributed by atoms with Crippen molar-refractivity contribution in [1.29, 1.82) is 0 Å². The maximum absolute atomic E-state index is 11.6. The average Bonchev–Trinajstić information content (AvgIpc) is 2.53. The van der Waals surface area contributed by atoms with Crippen molar-refractivity contribution in [2.45, 2.75) is 38.1 Å². The molecule has 1 aliphatic heterocycles. The van der Waals surface area contributed by atoms with E-state index >= 15 is 0 Å². The van der Waals surface area contributed by atoms with Gasteiger partial charge in [0.15, 0.2) is 0 Å². The number of hydrogen-bond donors (Lipinski definition) is 1. The predicted octanol–water partition coefficient (Wildman–Crippen LogP) is 3.55. The molecular weight excluding hydrogens is 257 g/mol. The van der Waals surface area contributed by atoms with Gasteiger partial charge in [0.25, 0.3) is 0 Å². The molecule has 2 unspecified atom stereocenters. The smallest absolute Gasteiger partial charge is 0.221 e. The summed E-state index contributed by atoms with van der Waals surface area (Å²) in [6, 6.07) is 5.62. The summed E-state index contributed by atoms with van der Waals surface area (Å²) >= 11 is 12.1. The highest BCUT2D eigenvalue weighted by molar-refractivity contribution is 6.35. The van der Waals surface area contributed by atoms with E-state index in [2.05, 4.69) is 19.2 Å². The molecule has 0 saturated carbocycles. The highest BCUT2D eigenvalue weighted by atomic mass is 35.5. The number of amides is 1. The van der Waals surface area contributed by atoms with Gasteiger partial charge in [-0.15, -0.1) is 0 Å². The minimum atomic E-state index is -0.243. The van der Waals surface area contributed by atoms with Crippen LogP contribution >= 0.6 is 23.2 Å². The van der Waals surface area contributed by atoms with Crippen molar-refractivity contribution in [2.24, 2.45) is 0 Å². The van der Waals surface area contributed by atoms with Gasteiger partial charge in [0, 0.05) is 27.9 Å². The zero-order valence-electron chi connectivity index (χ0n) is 9.89. The fourth-order valence-electron chi connectivity index (χ4n) is 2.65. The van der Waals surface area contributed by atoms with Gasteiger partial charge in [-0.1, -0.05) is 43.1 Å². The normalized spacial score (nSPS) is 28.2. The van der Waals surface area contributed by atoms with E-state index in [4.69, 9.17) is 23.2 Å². The summed E-state index contributed by atoms with van der Waals surface area (Å²) in [5, 5.41) is 4.26. The van der Waals surface area contributed by atoms with E-state index in [0.717, 1.165) is 12.0 Å². The monoisotopic (exact) mass is 271 g/mol. The molecule has 1 heterocycles. The fraction of sp³-hybridized carbons (Fsp3) is 0.462. The molecular formula is C13H15Cl2NO. The van der Waals surface area contributed by atoms with E-state index in [1.54, 1.807) is 6.07 Å². The molecule has 4 heteroatoms. The number of halogens is 2. The van der Waals surface area contributed by atoms with E-state index in [0.29, 0.717) is 16.5 Å².